The Balaban J connectivity index is 2.24. The van der Waals surface area contributed by atoms with E-state index >= 15 is 0 Å². The molecule has 0 radical (unpaired) electrons. The van der Waals surface area contributed by atoms with Gasteiger partial charge in [0.05, 0.1) is 4.34 Å². The van der Waals surface area contributed by atoms with Crippen LogP contribution in [-0.2, 0) is 6.42 Å². The predicted molar refractivity (Wildman–Crippen MR) is 88.2 cm³/mol. The van der Waals surface area contributed by atoms with Crippen molar-refractivity contribution in [1.29, 1.82) is 0 Å². The van der Waals surface area contributed by atoms with Gasteiger partial charge in [-0.2, -0.15) is 0 Å². The van der Waals surface area contributed by atoms with Gasteiger partial charge in [0.2, 0.25) is 0 Å². The Morgan fingerprint density at radius 1 is 1.35 bits per heavy atom. The van der Waals surface area contributed by atoms with E-state index < -0.39 is 0 Å². The molecule has 0 aliphatic carbocycles. The fourth-order valence-electron chi connectivity index (χ4n) is 2.05. The Morgan fingerprint density at radius 3 is 2.80 bits per heavy atom. The highest BCUT2D eigenvalue weighted by atomic mass is 79.9. The van der Waals surface area contributed by atoms with Crippen LogP contribution >= 0.6 is 38.9 Å². The molecule has 1 nitrogen and oxygen atoms in total. The summed E-state index contributed by atoms with van der Waals surface area (Å²) in [5.74, 6) is -0.212. The number of thiophene rings is 1. The van der Waals surface area contributed by atoms with Crippen LogP contribution in [0.1, 0.15) is 29.8 Å². The summed E-state index contributed by atoms with van der Waals surface area (Å²) >= 11 is 11.1. The summed E-state index contributed by atoms with van der Waals surface area (Å²) in [6.07, 6.45) is 1.84. The molecular weight excluding hydrogens is 361 g/mol. The van der Waals surface area contributed by atoms with Crippen molar-refractivity contribution < 1.29 is 4.39 Å². The molecular formula is C15H16BrClFNS. The first kappa shape index (κ1) is 16.0. The molecule has 0 amide bonds. The van der Waals surface area contributed by atoms with Crippen LogP contribution in [0.4, 0.5) is 4.39 Å². The zero-order valence-electron chi connectivity index (χ0n) is 11.1. The summed E-state index contributed by atoms with van der Waals surface area (Å²) in [4.78, 5) is 1.19. The molecule has 0 aliphatic rings. The molecule has 20 heavy (non-hydrogen) atoms. The standard InChI is InChI=1S/C15H16BrClFNS/c1-2-7-19-14(9-11-4-6-15(17)20-11)12-8-10(18)3-5-13(12)16/h3-6,8,14,19H,2,7,9H2,1H3. The summed E-state index contributed by atoms with van der Waals surface area (Å²) < 4.78 is 15.2. The van der Waals surface area contributed by atoms with Gasteiger partial charge in [-0.3, -0.25) is 0 Å². The van der Waals surface area contributed by atoms with Crippen LogP contribution in [0.3, 0.4) is 0 Å². The van der Waals surface area contributed by atoms with Crippen molar-refractivity contribution in [3.05, 3.63) is 55.4 Å². The SMILES string of the molecule is CCCNC(Cc1ccc(Cl)s1)c1cc(F)ccc1Br. The van der Waals surface area contributed by atoms with E-state index in [1.807, 2.05) is 12.1 Å². The Labute approximate surface area is 136 Å². The molecule has 0 fully saturated rings. The van der Waals surface area contributed by atoms with Crippen molar-refractivity contribution in [2.24, 2.45) is 0 Å². The van der Waals surface area contributed by atoms with Crippen LogP contribution < -0.4 is 5.32 Å². The summed E-state index contributed by atoms with van der Waals surface area (Å²) in [6, 6.07) is 8.82. The highest BCUT2D eigenvalue weighted by Crippen LogP contribution is 2.30. The Kier molecular flexibility index (Phi) is 6.02. The van der Waals surface area contributed by atoms with Gasteiger partial charge >= 0.3 is 0 Å². The van der Waals surface area contributed by atoms with Gasteiger partial charge in [-0.25, -0.2) is 4.39 Å². The third kappa shape index (κ3) is 4.29. The molecule has 1 atom stereocenters. The largest absolute Gasteiger partial charge is 0.310 e. The Bertz CT molecular complexity index is 573. The van der Waals surface area contributed by atoms with Crippen molar-refractivity contribution in [1.82, 2.24) is 5.32 Å². The first-order valence-corrected chi connectivity index (χ1v) is 8.51. The van der Waals surface area contributed by atoms with E-state index in [2.05, 4.69) is 28.2 Å². The monoisotopic (exact) mass is 375 g/mol. The van der Waals surface area contributed by atoms with Gasteiger partial charge in [0.15, 0.2) is 0 Å². The third-order valence-electron chi connectivity index (χ3n) is 3.01. The van der Waals surface area contributed by atoms with E-state index in [1.54, 1.807) is 23.5 Å². The molecule has 1 heterocycles. The normalized spacial score (nSPS) is 12.6. The highest BCUT2D eigenvalue weighted by Gasteiger charge is 2.16. The number of nitrogens with one attached hydrogen (secondary N) is 1. The van der Waals surface area contributed by atoms with Crippen molar-refractivity contribution in [2.75, 3.05) is 6.54 Å². The average Bonchev–Trinajstić information content (AvgIpc) is 2.83. The summed E-state index contributed by atoms with van der Waals surface area (Å²) in [6.45, 7) is 3.01. The second-order valence-corrected chi connectivity index (χ2v) is 7.24. The first-order valence-electron chi connectivity index (χ1n) is 6.52. The van der Waals surface area contributed by atoms with Gasteiger partial charge in [-0.1, -0.05) is 34.5 Å². The Morgan fingerprint density at radius 2 is 2.15 bits per heavy atom. The maximum atomic E-state index is 13.5. The van der Waals surface area contributed by atoms with Crippen molar-refractivity contribution >= 4 is 38.9 Å². The van der Waals surface area contributed by atoms with Crippen LogP contribution in [-0.4, -0.2) is 6.54 Å². The molecule has 1 aromatic heterocycles. The fourth-order valence-corrected chi connectivity index (χ4v) is 3.71. The zero-order valence-corrected chi connectivity index (χ0v) is 14.3. The van der Waals surface area contributed by atoms with Crippen LogP contribution in [0, 0.1) is 5.82 Å². The third-order valence-corrected chi connectivity index (χ3v) is 4.98. The molecule has 108 valence electrons. The van der Waals surface area contributed by atoms with E-state index in [9.17, 15) is 4.39 Å². The summed E-state index contributed by atoms with van der Waals surface area (Å²) in [5, 5.41) is 3.48. The quantitative estimate of drug-likeness (QED) is 0.693. The lowest BCUT2D eigenvalue weighted by molar-refractivity contribution is 0.525. The number of halogens is 3. The lowest BCUT2D eigenvalue weighted by atomic mass is 10.0. The summed E-state index contributed by atoms with van der Waals surface area (Å²) in [7, 11) is 0. The van der Waals surface area contributed by atoms with Gasteiger partial charge < -0.3 is 5.32 Å². The van der Waals surface area contributed by atoms with Crippen LogP contribution in [0.15, 0.2) is 34.8 Å². The van der Waals surface area contributed by atoms with E-state index in [4.69, 9.17) is 11.6 Å². The predicted octanol–water partition coefficient (Wildman–Crippen LogP) is 5.59. The molecule has 1 aromatic carbocycles. The minimum absolute atomic E-state index is 0.0785. The molecule has 2 aromatic rings. The number of benzene rings is 1. The maximum Gasteiger partial charge on any atom is 0.123 e. The van der Waals surface area contributed by atoms with Gasteiger partial charge in [0.25, 0.3) is 0 Å². The second-order valence-electron chi connectivity index (χ2n) is 4.58. The second kappa shape index (κ2) is 7.55. The molecule has 0 spiro atoms. The minimum atomic E-state index is -0.212. The van der Waals surface area contributed by atoms with E-state index in [0.29, 0.717) is 0 Å². The maximum absolute atomic E-state index is 13.5. The van der Waals surface area contributed by atoms with Crippen molar-refractivity contribution in [3.63, 3.8) is 0 Å². The molecule has 0 saturated carbocycles. The van der Waals surface area contributed by atoms with Gasteiger partial charge in [-0.05, 0) is 48.9 Å². The fraction of sp³-hybridized carbons (Fsp3) is 0.333. The molecule has 1 unspecified atom stereocenters. The zero-order chi connectivity index (χ0) is 14.5. The van der Waals surface area contributed by atoms with Crippen LogP contribution in [0.5, 0.6) is 0 Å². The number of hydrogen-bond acceptors (Lipinski definition) is 2. The molecule has 1 N–H and O–H groups in total. The van der Waals surface area contributed by atoms with Gasteiger partial charge in [0.1, 0.15) is 5.82 Å². The smallest absolute Gasteiger partial charge is 0.123 e. The number of hydrogen-bond donors (Lipinski definition) is 1. The first-order chi connectivity index (χ1) is 9.60. The minimum Gasteiger partial charge on any atom is -0.310 e. The average molecular weight is 377 g/mol. The lowest BCUT2D eigenvalue weighted by Crippen LogP contribution is -2.24. The topological polar surface area (TPSA) is 12.0 Å². The molecule has 0 saturated heterocycles. The van der Waals surface area contributed by atoms with E-state index in [-0.39, 0.29) is 11.9 Å². The van der Waals surface area contributed by atoms with Gasteiger partial charge in [-0.15, -0.1) is 11.3 Å². The van der Waals surface area contributed by atoms with Crippen molar-refractivity contribution in [3.8, 4) is 0 Å². The van der Waals surface area contributed by atoms with Crippen LogP contribution in [0.25, 0.3) is 0 Å². The van der Waals surface area contributed by atoms with E-state index in [0.717, 1.165) is 33.8 Å². The molecule has 2 rings (SSSR count). The highest BCUT2D eigenvalue weighted by molar-refractivity contribution is 9.10. The summed E-state index contributed by atoms with van der Waals surface area (Å²) in [5.41, 5.74) is 0.947. The molecule has 5 heteroatoms. The molecule has 0 aliphatic heterocycles. The molecule has 0 bridgehead atoms. The number of rotatable bonds is 6. The Hall–Kier alpha value is -0.420. The lowest BCUT2D eigenvalue weighted by Gasteiger charge is -2.20. The van der Waals surface area contributed by atoms with Gasteiger partial charge in [0, 0.05) is 21.8 Å². The van der Waals surface area contributed by atoms with E-state index in [1.165, 1.54) is 10.9 Å². The van der Waals surface area contributed by atoms with Crippen molar-refractivity contribution in [2.45, 2.75) is 25.8 Å². The van der Waals surface area contributed by atoms with Crippen LogP contribution in [0.2, 0.25) is 4.34 Å².